The van der Waals surface area contributed by atoms with E-state index in [0.717, 1.165) is 12.1 Å². The number of aromatic carboxylic acids is 1. The van der Waals surface area contributed by atoms with Crippen LogP contribution in [0.2, 0.25) is 5.02 Å². The van der Waals surface area contributed by atoms with E-state index >= 15 is 0 Å². The van der Waals surface area contributed by atoms with Gasteiger partial charge in [-0.15, -0.1) is 0 Å². The highest BCUT2D eigenvalue weighted by atomic mass is 35.5. The van der Waals surface area contributed by atoms with Gasteiger partial charge >= 0.3 is 5.97 Å². The van der Waals surface area contributed by atoms with Gasteiger partial charge in [0, 0.05) is 13.2 Å². The third-order valence-electron chi connectivity index (χ3n) is 2.84. The predicted octanol–water partition coefficient (Wildman–Crippen LogP) is 2.31. The number of pyridine rings is 1. The molecule has 2 aromatic rings. The van der Waals surface area contributed by atoms with Crippen molar-refractivity contribution in [1.82, 2.24) is 14.8 Å². The van der Waals surface area contributed by atoms with Crippen molar-refractivity contribution in [1.29, 1.82) is 0 Å². The number of aromatic nitrogens is 3. The molecule has 0 saturated heterocycles. The minimum atomic E-state index is -1.13. The summed E-state index contributed by atoms with van der Waals surface area (Å²) >= 11 is 6.20. The fourth-order valence-electron chi connectivity index (χ4n) is 1.79. The molecule has 0 spiro atoms. The van der Waals surface area contributed by atoms with Crippen molar-refractivity contribution in [2.75, 3.05) is 0 Å². The molecule has 0 radical (unpaired) electrons. The SMILES string of the molecule is CCc1nn(C)c(COc2cccnc2C(=O)O)c1Cl. The molecule has 0 unspecified atom stereocenters. The summed E-state index contributed by atoms with van der Waals surface area (Å²) in [6.07, 6.45) is 2.13. The van der Waals surface area contributed by atoms with Gasteiger partial charge in [-0.05, 0) is 18.6 Å². The second kappa shape index (κ2) is 5.92. The van der Waals surface area contributed by atoms with E-state index in [4.69, 9.17) is 21.4 Å². The van der Waals surface area contributed by atoms with Crippen LogP contribution in [0.15, 0.2) is 18.3 Å². The van der Waals surface area contributed by atoms with Crippen LogP contribution in [0.5, 0.6) is 5.75 Å². The van der Waals surface area contributed by atoms with E-state index in [1.807, 2.05) is 6.92 Å². The molecule has 2 heterocycles. The van der Waals surface area contributed by atoms with Crippen molar-refractivity contribution in [3.63, 3.8) is 0 Å². The maximum atomic E-state index is 11.0. The maximum Gasteiger partial charge on any atom is 0.358 e. The molecule has 0 atom stereocenters. The van der Waals surface area contributed by atoms with Gasteiger partial charge in [0.2, 0.25) is 0 Å². The van der Waals surface area contributed by atoms with Crippen LogP contribution in [0, 0.1) is 0 Å². The number of nitrogens with zero attached hydrogens (tertiary/aromatic N) is 3. The largest absolute Gasteiger partial charge is 0.485 e. The first kappa shape index (κ1) is 14.3. The van der Waals surface area contributed by atoms with E-state index in [2.05, 4.69) is 10.1 Å². The Bertz CT molecular complexity index is 640. The van der Waals surface area contributed by atoms with Crippen LogP contribution >= 0.6 is 11.6 Å². The van der Waals surface area contributed by atoms with E-state index in [1.165, 1.54) is 6.20 Å². The molecule has 0 saturated carbocycles. The molecule has 106 valence electrons. The van der Waals surface area contributed by atoms with Gasteiger partial charge in [-0.3, -0.25) is 4.68 Å². The zero-order chi connectivity index (χ0) is 14.7. The van der Waals surface area contributed by atoms with Crippen LogP contribution in [0.1, 0.15) is 28.8 Å². The minimum absolute atomic E-state index is 0.124. The Morgan fingerprint density at radius 1 is 1.55 bits per heavy atom. The molecule has 0 aliphatic rings. The van der Waals surface area contributed by atoms with Crippen LogP contribution in [-0.2, 0) is 20.1 Å². The lowest BCUT2D eigenvalue weighted by molar-refractivity contribution is 0.0684. The molecule has 7 heteroatoms. The van der Waals surface area contributed by atoms with Crippen LogP contribution < -0.4 is 4.74 Å². The van der Waals surface area contributed by atoms with Crippen LogP contribution in [-0.4, -0.2) is 25.8 Å². The number of rotatable bonds is 5. The van der Waals surface area contributed by atoms with Gasteiger partial charge in [0.25, 0.3) is 0 Å². The number of ether oxygens (including phenoxy) is 1. The quantitative estimate of drug-likeness (QED) is 0.916. The average molecular weight is 296 g/mol. The fraction of sp³-hybridized carbons (Fsp3) is 0.308. The number of halogens is 1. The van der Waals surface area contributed by atoms with Crippen molar-refractivity contribution < 1.29 is 14.6 Å². The standard InChI is InChI=1S/C13H14ClN3O3/c1-3-8-11(14)9(17(2)16-8)7-20-10-5-4-6-15-12(10)13(18)19/h4-6H,3,7H2,1-2H3,(H,18,19). The fourth-order valence-corrected chi connectivity index (χ4v) is 2.14. The summed E-state index contributed by atoms with van der Waals surface area (Å²) in [6, 6.07) is 3.17. The zero-order valence-corrected chi connectivity index (χ0v) is 11.9. The van der Waals surface area contributed by atoms with Crippen molar-refractivity contribution in [3.8, 4) is 5.75 Å². The number of carboxylic acids is 1. The van der Waals surface area contributed by atoms with Crippen LogP contribution in [0.25, 0.3) is 0 Å². The number of aryl methyl sites for hydroxylation is 2. The van der Waals surface area contributed by atoms with Gasteiger partial charge < -0.3 is 9.84 Å². The lowest BCUT2D eigenvalue weighted by atomic mass is 10.3. The summed E-state index contributed by atoms with van der Waals surface area (Å²) in [5, 5.41) is 13.9. The second-order valence-corrected chi connectivity index (χ2v) is 4.51. The van der Waals surface area contributed by atoms with Crippen LogP contribution in [0.3, 0.4) is 0 Å². The average Bonchev–Trinajstić information content (AvgIpc) is 2.71. The Hall–Kier alpha value is -2.08. The van der Waals surface area contributed by atoms with Crippen molar-refractivity contribution >= 4 is 17.6 Å². The number of hydrogen-bond donors (Lipinski definition) is 1. The lowest BCUT2D eigenvalue weighted by Gasteiger charge is -2.08. The van der Waals surface area contributed by atoms with E-state index in [-0.39, 0.29) is 18.1 Å². The monoisotopic (exact) mass is 295 g/mol. The summed E-state index contributed by atoms with van der Waals surface area (Å²) in [7, 11) is 1.77. The maximum absolute atomic E-state index is 11.0. The molecule has 2 aromatic heterocycles. The second-order valence-electron chi connectivity index (χ2n) is 4.13. The van der Waals surface area contributed by atoms with Gasteiger partial charge in [-0.1, -0.05) is 18.5 Å². The van der Waals surface area contributed by atoms with Gasteiger partial charge in [-0.2, -0.15) is 5.10 Å². The topological polar surface area (TPSA) is 77.2 Å². The summed E-state index contributed by atoms with van der Waals surface area (Å²) in [4.78, 5) is 14.8. The Kier molecular flexibility index (Phi) is 4.24. The van der Waals surface area contributed by atoms with E-state index in [9.17, 15) is 4.79 Å². The highest BCUT2D eigenvalue weighted by molar-refractivity contribution is 6.31. The third-order valence-corrected chi connectivity index (χ3v) is 3.28. The first-order valence-corrected chi connectivity index (χ1v) is 6.43. The molecular weight excluding hydrogens is 282 g/mol. The Morgan fingerprint density at radius 2 is 2.30 bits per heavy atom. The van der Waals surface area contributed by atoms with Gasteiger partial charge in [0.05, 0.1) is 16.4 Å². The molecule has 20 heavy (non-hydrogen) atoms. The molecule has 0 fully saturated rings. The summed E-state index contributed by atoms with van der Waals surface area (Å²) in [5.41, 5.74) is 1.36. The van der Waals surface area contributed by atoms with Crippen molar-refractivity contribution in [3.05, 3.63) is 40.4 Å². The number of hydrogen-bond acceptors (Lipinski definition) is 4. The molecule has 1 N–H and O–H groups in total. The molecule has 2 rings (SSSR count). The molecule has 6 nitrogen and oxygen atoms in total. The van der Waals surface area contributed by atoms with Crippen LogP contribution in [0.4, 0.5) is 0 Å². The molecule has 0 aromatic carbocycles. The highest BCUT2D eigenvalue weighted by Gasteiger charge is 2.16. The zero-order valence-electron chi connectivity index (χ0n) is 11.1. The van der Waals surface area contributed by atoms with Crippen molar-refractivity contribution in [2.24, 2.45) is 7.05 Å². The third kappa shape index (κ3) is 2.75. The van der Waals surface area contributed by atoms with Gasteiger partial charge in [-0.25, -0.2) is 9.78 Å². The molecule has 0 amide bonds. The van der Waals surface area contributed by atoms with Gasteiger partial charge in [0.15, 0.2) is 11.4 Å². The van der Waals surface area contributed by atoms with E-state index in [0.29, 0.717) is 10.7 Å². The van der Waals surface area contributed by atoms with Crippen molar-refractivity contribution in [2.45, 2.75) is 20.0 Å². The molecule has 0 aliphatic heterocycles. The Balaban J connectivity index is 2.21. The molecular formula is C13H14ClN3O3. The summed E-state index contributed by atoms with van der Waals surface area (Å²) < 4.78 is 7.15. The highest BCUT2D eigenvalue weighted by Crippen LogP contribution is 2.23. The first-order valence-electron chi connectivity index (χ1n) is 6.06. The van der Waals surface area contributed by atoms with E-state index in [1.54, 1.807) is 23.9 Å². The number of carbonyl (C=O) groups is 1. The molecule has 0 bridgehead atoms. The summed E-state index contributed by atoms with van der Waals surface area (Å²) in [5.74, 6) is -0.929. The Morgan fingerprint density at radius 3 is 2.90 bits per heavy atom. The van der Waals surface area contributed by atoms with E-state index < -0.39 is 5.97 Å². The minimum Gasteiger partial charge on any atom is -0.485 e. The summed E-state index contributed by atoms with van der Waals surface area (Å²) in [6.45, 7) is 2.09. The lowest BCUT2D eigenvalue weighted by Crippen LogP contribution is -2.08. The molecule has 0 aliphatic carbocycles. The first-order chi connectivity index (χ1) is 9.54. The van der Waals surface area contributed by atoms with Gasteiger partial charge in [0.1, 0.15) is 6.61 Å². The smallest absolute Gasteiger partial charge is 0.358 e. The normalized spacial score (nSPS) is 10.6. The predicted molar refractivity (Wildman–Crippen MR) is 73.1 cm³/mol. The Labute approximate surface area is 121 Å². The number of carboxylic acid groups (broad SMARTS) is 1.